The van der Waals surface area contributed by atoms with E-state index in [0.717, 1.165) is 38.1 Å². The number of carbonyl (C=O) groups is 1. The number of methoxy groups -OCH3 is 2. The molecule has 0 N–H and O–H groups in total. The summed E-state index contributed by atoms with van der Waals surface area (Å²) in [5.74, 6) is 0.803. The van der Waals surface area contributed by atoms with Gasteiger partial charge in [0, 0.05) is 19.1 Å². The van der Waals surface area contributed by atoms with Gasteiger partial charge in [0.05, 0.1) is 20.1 Å². The highest BCUT2D eigenvalue weighted by Crippen LogP contribution is 2.26. The van der Waals surface area contributed by atoms with E-state index >= 15 is 0 Å². The first-order valence-corrected chi connectivity index (χ1v) is 7.62. The fourth-order valence-electron chi connectivity index (χ4n) is 3.08. The summed E-state index contributed by atoms with van der Waals surface area (Å²) < 4.78 is 10.1. The molecule has 116 valence electrons. The van der Waals surface area contributed by atoms with Gasteiger partial charge in [0.15, 0.2) is 0 Å². The Kier molecular flexibility index (Phi) is 5.62. The molecule has 21 heavy (non-hydrogen) atoms. The standard InChI is InChI=1S/C17H25NO3/c1-4-15-8-7-14(17(19)21-3)12-18(15)11-13-5-9-16(20-2)10-6-13/h5-6,9-10,14-15H,4,7-8,11-12H2,1-3H3/t14-,15+/m0/s1. The van der Waals surface area contributed by atoms with Crippen molar-refractivity contribution in [2.24, 2.45) is 5.92 Å². The van der Waals surface area contributed by atoms with E-state index in [1.165, 1.54) is 12.7 Å². The first kappa shape index (κ1) is 15.8. The normalized spacial score (nSPS) is 22.8. The van der Waals surface area contributed by atoms with Crippen LogP contribution in [0.5, 0.6) is 5.75 Å². The minimum absolute atomic E-state index is 0.0102. The second-order valence-corrected chi connectivity index (χ2v) is 5.64. The van der Waals surface area contributed by atoms with Crippen molar-refractivity contribution in [1.82, 2.24) is 4.90 Å². The summed E-state index contributed by atoms with van der Waals surface area (Å²) in [6.45, 7) is 3.87. The average Bonchev–Trinajstić information content (AvgIpc) is 2.54. The Morgan fingerprint density at radius 2 is 1.95 bits per heavy atom. The van der Waals surface area contributed by atoms with E-state index in [1.807, 2.05) is 12.1 Å². The molecule has 0 aliphatic carbocycles. The highest BCUT2D eigenvalue weighted by atomic mass is 16.5. The van der Waals surface area contributed by atoms with E-state index in [9.17, 15) is 4.79 Å². The number of hydrogen-bond donors (Lipinski definition) is 0. The van der Waals surface area contributed by atoms with Crippen LogP contribution >= 0.6 is 0 Å². The molecule has 2 atom stereocenters. The van der Waals surface area contributed by atoms with Gasteiger partial charge in [0.25, 0.3) is 0 Å². The van der Waals surface area contributed by atoms with E-state index in [-0.39, 0.29) is 11.9 Å². The smallest absolute Gasteiger partial charge is 0.309 e. The van der Waals surface area contributed by atoms with Gasteiger partial charge in [-0.15, -0.1) is 0 Å². The lowest BCUT2D eigenvalue weighted by molar-refractivity contribution is -0.148. The van der Waals surface area contributed by atoms with E-state index in [4.69, 9.17) is 9.47 Å². The third-order valence-corrected chi connectivity index (χ3v) is 4.37. The van der Waals surface area contributed by atoms with Crippen molar-refractivity contribution in [3.05, 3.63) is 29.8 Å². The number of ether oxygens (including phenoxy) is 2. The molecule has 2 rings (SSSR count). The van der Waals surface area contributed by atoms with Crippen molar-refractivity contribution >= 4 is 5.97 Å². The highest BCUT2D eigenvalue weighted by molar-refractivity contribution is 5.72. The van der Waals surface area contributed by atoms with Gasteiger partial charge in [0.2, 0.25) is 0 Å². The Morgan fingerprint density at radius 1 is 1.24 bits per heavy atom. The molecule has 0 saturated carbocycles. The van der Waals surface area contributed by atoms with Crippen LogP contribution in [0, 0.1) is 5.92 Å². The number of piperidine rings is 1. The summed E-state index contributed by atoms with van der Waals surface area (Å²) in [6.07, 6.45) is 3.11. The summed E-state index contributed by atoms with van der Waals surface area (Å²) in [5.41, 5.74) is 1.25. The van der Waals surface area contributed by atoms with Gasteiger partial charge >= 0.3 is 5.97 Å². The Balaban J connectivity index is 2.04. The Morgan fingerprint density at radius 3 is 2.52 bits per heavy atom. The molecule has 1 fully saturated rings. The SMILES string of the molecule is CC[C@@H]1CC[C@H](C(=O)OC)CN1Cc1ccc(OC)cc1. The predicted molar refractivity (Wildman–Crippen MR) is 82.2 cm³/mol. The van der Waals surface area contributed by atoms with E-state index in [2.05, 4.69) is 24.0 Å². The fraction of sp³-hybridized carbons (Fsp3) is 0.588. The summed E-state index contributed by atoms with van der Waals surface area (Å²) >= 11 is 0. The van der Waals surface area contributed by atoms with Crippen LogP contribution in [0.25, 0.3) is 0 Å². The predicted octanol–water partition coefficient (Wildman–Crippen LogP) is 2.86. The third kappa shape index (κ3) is 3.97. The van der Waals surface area contributed by atoms with Crippen LogP contribution in [0.2, 0.25) is 0 Å². The summed E-state index contributed by atoms with van der Waals surface area (Å²) in [4.78, 5) is 14.2. The Bertz CT molecular complexity index is 458. The van der Waals surface area contributed by atoms with Crippen LogP contribution in [-0.4, -0.2) is 37.7 Å². The number of rotatable bonds is 5. The van der Waals surface area contributed by atoms with Crippen LogP contribution in [0.3, 0.4) is 0 Å². The zero-order chi connectivity index (χ0) is 15.2. The molecule has 1 aromatic rings. The maximum atomic E-state index is 11.8. The molecule has 1 aliphatic heterocycles. The number of benzene rings is 1. The molecule has 0 unspecified atom stereocenters. The number of likely N-dealkylation sites (tertiary alicyclic amines) is 1. The molecular weight excluding hydrogens is 266 g/mol. The average molecular weight is 291 g/mol. The molecule has 1 heterocycles. The van der Waals surface area contributed by atoms with Crippen LogP contribution in [0.4, 0.5) is 0 Å². The highest BCUT2D eigenvalue weighted by Gasteiger charge is 2.31. The lowest BCUT2D eigenvalue weighted by Gasteiger charge is -2.38. The van der Waals surface area contributed by atoms with Gasteiger partial charge in [0.1, 0.15) is 5.75 Å². The number of hydrogen-bond acceptors (Lipinski definition) is 4. The lowest BCUT2D eigenvalue weighted by atomic mass is 9.91. The maximum Gasteiger partial charge on any atom is 0.309 e. The minimum atomic E-state index is -0.0794. The largest absolute Gasteiger partial charge is 0.497 e. The van der Waals surface area contributed by atoms with Crippen molar-refractivity contribution in [2.75, 3.05) is 20.8 Å². The van der Waals surface area contributed by atoms with Crippen LogP contribution in [0.1, 0.15) is 31.7 Å². The quantitative estimate of drug-likeness (QED) is 0.782. The summed E-state index contributed by atoms with van der Waals surface area (Å²) in [6, 6.07) is 8.70. The second-order valence-electron chi connectivity index (χ2n) is 5.64. The van der Waals surface area contributed by atoms with Crippen molar-refractivity contribution in [3.8, 4) is 5.75 Å². The van der Waals surface area contributed by atoms with Gasteiger partial charge in [-0.2, -0.15) is 0 Å². The Hall–Kier alpha value is -1.55. The molecule has 0 aromatic heterocycles. The number of esters is 1. The molecule has 0 spiro atoms. The van der Waals surface area contributed by atoms with Crippen molar-refractivity contribution < 1.29 is 14.3 Å². The molecule has 1 aromatic carbocycles. The molecule has 0 amide bonds. The van der Waals surface area contributed by atoms with E-state index in [1.54, 1.807) is 7.11 Å². The molecule has 1 saturated heterocycles. The topological polar surface area (TPSA) is 38.8 Å². The van der Waals surface area contributed by atoms with Crippen LogP contribution < -0.4 is 4.74 Å². The van der Waals surface area contributed by atoms with Crippen LogP contribution in [-0.2, 0) is 16.1 Å². The monoisotopic (exact) mass is 291 g/mol. The number of carbonyl (C=O) groups excluding carboxylic acids is 1. The van der Waals surface area contributed by atoms with Crippen molar-refractivity contribution in [3.63, 3.8) is 0 Å². The molecular formula is C17H25NO3. The first-order chi connectivity index (χ1) is 10.2. The minimum Gasteiger partial charge on any atom is -0.497 e. The lowest BCUT2D eigenvalue weighted by Crippen LogP contribution is -2.44. The van der Waals surface area contributed by atoms with Gasteiger partial charge in [-0.3, -0.25) is 9.69 Å². The van der Waals surface area contributed by atoms with E-state index in [0.29, 0.717) is 6.04 Å². The van der Waals surface area contributed by atoms with Gasteiger partial charge < -0.3 is 9.47 Å². The summed E-state index contributed by atoms with van der Waals surface area (Å²) in [5, 5.41) is 0. The van der Waals surface area contributed by atoms with Crippen LogP contribution in [0.15, 0.2) is 24.3 Å². The molecule has 0 bridgehead atoms. The molecule has 1 aliphatic rings. The van der Waals surface area contributed by atoms with Gasteiger partial charge in [-0.1, -0.05) is 19.1 Å². The second kappa shape index (κ2) is 7.46. The number of nitrogens with zero attached hydrogens (tertiary/aromatic N) is 1. The molecule has 4 nitrogen and oxygen atoms in total. The zero-order valence-electron chi connectivity index (χ0n) is 13.2. The van der Waals surface area contributed by atoms with Crippen molar-refractivity contribution in [1.29, 1.82) is 0 Å². The molecule has 4 heteroatoms. The fourth-order valence-corrected chi connectivity index (χ4v) is 3.08. The van der Waals surface area contributed by atoms with Gasteiger partial charge in [-0.05, 0) is 37.0 Å². The molecule has 0 radical (unpaired) electrons. The Labute approximate surface area is 127 Å². The zero-order valence-corrected chi connectivity index (χ0v) is 13.2. The van der Waals surface area contributed by atoms with E-state index < -0.39 is 0 Å². The third-order valence-electron chi connectivity index (χ3n) is 4.37. The van der Waals surface area contributed by atoms with Gasteiger partial charge in [-0.25, -0.2) is 0 Å². The summed E-state index contributed by atoms with van der Waals surface area (Å²) in [7, 11) is 3.15. The van der Waals surface area contributed by atoms with Crippen molar-refractivity contribution in [2.45, 2.75) is 38.8 Å². The first-order valence-electron chi connectivity index (χ1n) is 7.62. The maximum absolute atomic E-state index is 11.8.